The van der Waals surface area contributed by atoms with Gasteiger partial charge in [0.15, 0.2) is 0 Å². The minimum absolute atomic E-state index is 0. The quantitative estimate of drug-likeness (QED) is 0.118. The summed E-state index contributed by atoms with van der Waals surface area (Å²) < 4.78 is 0. The van der Waals surface area contributed by atoms with Crippen molar-refractivity contribution < 1.29 is 61.8 Å². The third-order valence-electron chi connectivity index (χ3n) is 3.75. The molecule has 0 unspecified atom stereocenters. The van der Waals surface area contributed by atoms with E-state index in [1.807, 2.05) is 38.1 Å². The van der Waals surface area contributed by atoms with Crippen molar-refractivity contribution in [2.45, 2.75) is 13.8 Å². The molecule has 3 aromatic heterocycles. The molecule has 0 aliphatic rings. The fraction of sp³-hybridized carbons (Fsp3) is 0.118. The Morgan fingerprint density at radius 2 is 1.11 bits per heavy atom. The van der Waals surface area contributed by atoms with Crippen LogP contribution in [0.4, 0.5) is 0 Å². The standard InChI is InChI=1S/C17H13N5.La.3NO3.2H2O/c1-10-11(2)21-22-17(19-10)14-8-7-13-6-5-12-4-3-9-18-15(12)16(13)20-14;;3*2-1(3)4;;/h3-9H,1-2H3;;;;;2*1H2/q;+3;3*-1;;/p+2. The molecule has 19 nitrogen and oxygen atoms in total. The second-order valence-electron chi connectivity index (χ2n) is 5.89. The number of fused-ring (bicyclic) bond motifs is 3. The summed E-state index contributed by atoms with van der Waals surface area (Å²) in [4.78, 5) is 38.4. The molecule has 1 aromatic carbocycles. The van der Waals surface area contributed by atoms with E-state index in [9.17, 15) is 0 Å². The van der Waals surface area contributed by atoms with Crippen molar-refractivity contribution in [2.75, 3.05) is 0 Å². The van der Waals surface area contributed by atoms with E-state index in [4.69, 9.17) is 50.9 Å². The number of benzene rings is 1. The summed E-state index contributed by atoms with van der Waals surface area (Å²) in [5, 5.41) is 54.6. The zero-order valence-electron chi connectivity index (χ0n) is 19.0. The van der Waals surface area contributed by atoms with Crippen LogP contribution < -0.4 is 0 Å². The van der Waals surface area contributed by atoms with Crippen LogP contribution in [0.15, 0.2) is 42.6 Å². The third kappa shape index (κ3) is 13.4. The normalized spacial score (nSPS) is 8.59. The first kappa shape index (κ1) is 37.3. The van der Waals surface area contributed by atoms with Gasteiger partial charge in [0.2, 0.25) is 5.82 Å². The summed E-state index contributed by atoms with van der Waals surface area (Å²) in [6.07, 6.45) is 1.78. The van der Waals surface area contributed by atoms with Crippen LogP contribution >= 0.6 is 0 Å². The van der Waals surface area contributed by atoms with E-state index < -0.39 is 15.3 Å². The Morgan fingerprint density at radius 1 is 0.649 bits per heavy atom. The van der Waals surface area contributed by atoms with E-state index in [-0.39, 0.29) is 46.6 Å². The summed E-state index contributed by atoms with van der Waals surface area (Å²) in [7, 11) is 0. The molecule has 3 heterocycles. The van der Waals surface area contributed by atoms with Crippen LogP contribution in [0.3, 0.4) is 0 Å². The fourth-order valence-electron chi connectivity index (χ4n) is 2.41. The average molecular weight is 650 g/mol. The molecule has 194 valence electrons. The van der Waals surface area contributed by atoms with Gasteiger partial charge >= 0.3 is 35.6 Å². The van der Waals surface area contributed by atoms with Crippen LogP contribution in [-0.4, -0.2) is 40.4 Å². The Kier molecular flexibility index (Phi) is 18.2. The minimum atomic E-state index is -1.75. The van der Waals surface area contributed by atoms with Crippen LogP contribution in [0.5, 0.6) is 0 Å². The van der Waals surface area contributed by atoms with Gasteiger partial charge in [0, 0.05) is 17.0 Å². The van der Waals surface area contributed by atoms with E-state index in [2.05, 4.69) is 32.3 Å². The van der Waals surface area contributed by atoms with Gasteiger partial charge in [0.05, 0.1) is 37.7 Å². The Bertz CT molecular complexity index is 1290. The molecule has 0 amide bonds. The Morgan fingerprint density at radius 3 is 1.59 bits per heavy atom. The van der Waals surface area contributed by atoms with Gasteiger partial charge in [-0.2, -0.15) is 5.10 Å². The molecule has 0 bridgehead atoms. The molecule has 4 aromatic rings. The first-order valence-corrected chi connectivity index (χ1v) is 8.69. The zero-order chi connectivity index (χ0) is 25.8. The maximum atomic E-state index is 8.25. The van der Waals surface area contributed by atoms with E-state index >= 15 is 0 Å². The Balaban J connectivity index is -0.000000659. The smallest absolute Gasteiger partial charge is 0.457 e. The van der Waals surface area contributed by atoms with E-state index in [1.54, 1.807) is 6.20 Å². The van der Waals surface area contributed by atoms with Crippen molar-refractivity contribution in [1.82, 2.24) is 25.1 Å². The largest absolute Gasteiger partial charge is 3.00 e. The van der Waals surface area contributed by atoms with E-state index in [0.717, 1.165) is 33.2 Å². The first-order valence-electron chi connectivity index (χ1n) is 8.69. The monoisotopic (exact) mass is 650 g/mol. The second-order valence-corrected chi connectivity index (χ2v) is 5.89. The van der Waals surface area contributed by atoms with Gasteiger partial charge in [-0.3, -0.25) is 4.98 Å². The van der Waals surface area contributed by atoms with Gasteiger partial charge in [0.25, 0.3) is 0 Å². The summed E-state index contributed by atoms with van der Waals surface area (Å²) in [5.74, 6) is 0.540. The van der Waals surface area contributed by atoms with Crippen LogP contribution in [-0.2, 0) is 11.0 Å². The van der Waals surface area contributed by atoms with Gasteiger partial charge in [-0.25, -0.2) is 9.97 Å². The van der Waals surface area contributed by atoms with Crippen molar-refractivity contribution in [1.29, 1.82) is 0 Å². The fourth-order valence-corrected chi connectivity index (χ4v) is 2.41. The van der Waals surface area contributed by atoms with Gasteiger partial charge in [0.1, 0.15) is 5.69 Å². The van der Waals surface area contributed by atoms with Crippen LogP contribution in [0, 0.1) is 95.4 Å². The van der Waals surface area contributed by atoms with Crippen molar-refractivity contribution in [3.63, 3.8) is 0 Å². The minimum Gasteiger partial charge on any atom is -0.457 e. The zero-order valence-corrected chi connectivity index (χ0v) is 22.7. The summed E-state index contributed by atoms with van der Waals surface area (Å²) in [6.45, 7) is 3.82. The van der Waals surface area contributed by atoms with Gasteiger partial charge in [-0.05, 0) is 26.0 Å². The SMILES string of the molecule is Cc1nnc(-c2ccc3ccc4cccnc4c3n2)nc1C.O=[N+]([O-])[O-].O=[N+]([O-])[O-].O=[N+]([O-])[O-].[La+3].[OH3+].[OH3+]. The van der Waals surface area contributed by atoms with Crippen molar-refractivity contribution in [2.24, 2.45) is 0 Å². The molecule has 0 spiro atoms. The maximum absolute atomic E-state index is 8.25. The van der Waals surface area contributed by atoms with Crippen LogP contribution in [0.25, 0.3) is 33.3 Å². The number of hydrogen-bond acceptors (Lipinski definition) is 14. The third-order valence-corrected chi connectivity index (χ3v) is 3.75. The average Bonchev–Trinajstić information content (AvgIpc) is 2.74. The van der Waals surface area contributed by atoms with Crippen LogP contribution in [0.2, 0.25) is 0 Å². The van der Waals surface area contributed by atoms with Crippen LogP contribution in [0.1, 0.15) is 11.4 Å². The number of pyridine rings is 2. The maximum Gasteiger partial charge on any atom is 3.00 e. The number of aromatic nitrogens is 5. The number of nitrogens with zero attached hydrogens (tertiary/aromatic N) is 8. The van der Waals surface area contributed by atoms with E-state index in [0.29, 0.717) is 11.5 Å². The van der Waals surface area contributed by atoms with Gasteiger partial charge in [-0.1, -0.05) is 24.3 Å². The molecule has 0 saturated heterocycles. The second kappa shape index (κ2) is 18.1. The topological polar surface area (TPSA) is 329 Å². The van der Waals surface area contributed by atoms with Gasteiger partial charge < -0.3 is 56.9 Å². The number of aryl methyl sites for hydroxylation is 2. The number of hydrogen-bond donors (Lipinski definition) is 0. The molecular formula is C17H19LaN8O11+2. The molecule has 0 aliphatic carbocycles. The predicted octanol–water partition coefficient (Wildman–Crippen LogP) is 0.691. The molecular weight excluding hydrogens is 631 g/mol. The predicted molar refractivity (Wildman–Crippen MR) is 126 cm³/mol. The van der Waals surface area contributed by atoms with Gasteiger partial charge in [-0.15, -0.1) is 5.10 Å². The van der Waals surface area contributed by atoms with Crippen molar-refractivity contribution in [3.05, 3.63) is 99.9 Å². The Labute approximate surface area is 233 Å². The van der Waals surface area contributed by atoms with Crippen molar-refractivity contribution in [3.8, 4) is 11.5 Å². The van der Waals surface area contributed by atoms with Crippen molar-refractivity contribution >= 4 is 21.8 Å². The van der Waals surface area contributed by atoms with E-state index in [1.165, 1.54) is 0 Å². The number of rotatable bonds is 1. The molecule has 0 radical (unpaired) electrons. The Hall–Kier alpha value is -4.24. The molecule has 6 N–H and O–H groups in total. The molecule has 0 fully saturated rings. The summed E-state index contributed by atoms with van der Waals surface area (Å²) in [5.41, 5.74) is 4.15. The summed E-state index contributed by atoms with van der Waals surface area (Å²) >= 11 is 0. The molecule has 37 heavy (non-hydrogen) atoms. The molecule has 0 atom stereocenters. The summed E-state index contributed by atoms with van der Waals surface area (Å²) in [6, 6.07) is 12.0. The first-order chi connectivity index (χ1) is 15.9. The molecule has 0 saturated carbocycles. The molecule has 20 heteroatoms. The molecule has 0 aliphatic heterocycles. The molecule has 4 rings (SSSR count).